The number of hydrogen-bond donors (Lipinski definition) is 3. The summed E-state index contributed by atoms with van der Waals surface area (Å²) in [7, 11) is 1.43. The molecule has 0 unspecified atom stereocenters. The molecule has 0 saturated carbocycles. The molecule has 1 aromatic carbocycles. The van der Waals surface area contributed by atoms with Gasteiger partial charge in [0.25, 0.3) is 0 Å². The van der Waals surface area contributed by atoms with E-state index in [1.807, 2.05) is 6.92 Å². The Labute approximate surface area is 138 Å². The number of methoxy groups -OCH3 is 1. The zero-order valence-electron chi connectivity index (χ0n) is 12.1. The van der Waals surface area contributed by atoms with Gasteiger partial charge in [0.15, 0.2) is 23.2 Å². The molecule has 0 aliphatic heterocycles. The van der Waals surface area contributed by atoms with E-state index in [0.29, 0.717) is 23.0 Å². The number of carboxylic acid groups (broad SMARTS) is 1. The first kappa shape index (κ1) is 18.0. The minimum Gasteiger partial charge on any atom is -0.493 e. The van der Waals surface area contributed by atoms with Crippen molar-refractivity contribution >= 4 is 41.1 Å². The van der Waals surface area contributed by atoms with Crippen LogP contribution in [0.5, 0.6) is 11.5 Å². The van der Waals surface area contributed by atoms with Gasteiger partial charge in [-0.15, -0.1) is 0 Å². The second-order valence-electron chi connectivity index (χ2n) is 3.95. The van der Waals surface area contributed by atoms with Crippen LogP contribution in [0.15, 0.2) is 17.2 Å². The molecule has 22 heavy (non-hydrogen) atoms. The van der Waals surface area contributed by atoms with Crippen LogP contribution in [0.3, 0.4) is 0 Å². The van der Waals surface area contributed by atoms with Crippen LogP contribution in [0.4, 0.5) is 0 Å². The maximum Gasteiger partial charge on any atom is 0.341 e. The highest BCUT2D eigenvalue weighted by molar-refractivity contribution is 7.80. The van der Waals surface area contributed by atoms with Gasteiger partial charge >= 0.3 is 5.97 Å². The van der Waals surface area contributed by atoms with Crippen molar-refractivity contribution in [3.63, 3.8) is 0 Å². The van der Waals surface area contributed by atoms with Crippen molar-refractivity contribution in [3.8, 4) is 11.5 Å². The van der Waals surface area contributed by atoms with Crippen LogP contribution < -0.4 is 20.2 Å². The lowest BCUT2D eigenvalue weighted by Gasteiger charge is -2.11. The number of hydrazone groups is 1. The van der Waals surface area contributed by atoms with Gasteiger partial charge in [-0.2, -0.15) is 5.10 Å². The molecular formula is C13H16ClN3O4S. The highest BCUT2D eigenvalue weighted by Crippen LogP contribution is 2.35. The third-order valence-electron chi connectivity index (χ3n) is 2.31. The van der Waals surface area contributed by atoms with Crippen LogP contribution >= 0.6 is 23.8 Å². The fourth-order valence-electron chi connectivity index (χ4n) is 1.45. The summed E-state index contributed by atoms with van der Waals surface area (Å²) >= 11 is 11.0. The zero-order chi connectivity index (χ0) is 16.5. The van der Waals surface area contributed by atoms with E-state index in [9.17, 15) is 4.79 Å². The number of halogens is 1. The molecule has 0 heterocycles. The second-order valence-corrected chi connectivity index (χ2v) is 4.76. The van der Waals surface area contributed by atoms with Gasteiger partial charge in [-0.3, -0.25) is 5.43 Å². The number of ether oxygens (including phenoxy) is 2. The molecular weight excluding hydrogens is 330 g/mol. The molecule has 0 amide bonds. The summed E-state index contributed by atoms with van der Waals surface area (Å²) in [4.78, 5) is 10.6. The average Bonchev–Trinajstić information content (AvgIpc) is 2.45. The maximum atomic E-state index is 10.6. The van der Waals surface area contributed by atoms with E-state index < -0.39 is 12.6 Å². The van der Waals surface area contributed by atoms with Crippen molar-refractivity contribution in [2.45, 2.75) is 6.92 Å². The van der Waals surface area contributed by atoms with Crippen molar-refractivity contribution in [1.29, 1.82) is 0 Å². The number of carboxylic acids is 1. The van der Waals surface area contributed by atoms with Gasteiger partial charge < -0.3 is 19.9 Å². The summed E-state index contributed by atoms with van der Waals surface area (Å²) < 4.78 is 10.2. The summed E-state index contributed by atoms with van der Waals surface area (Å²) in [5.74, 6) is -0.630. The summed E-state index contributed by atoms with van der Waals surface area (Å²) in [6.45, 7) is 2.09. The summed E-state index contributed by atoms with van der Waals surface area (Å²) in [5, 5.41) is 16.1. The first-order chi connectivity index (χ1) is 10.5. The van der Waals surface area contributed by atoms with E-state index in [1.54, 1.807) is 12.1 Å². The van der Waals surface area contributed by atoms with E-state index in [4.69, 9.17) is 38.4 Å². The number of aliphatic carboxylic acids is 1. The Morgan fingerprint density at radius 3 is 2.86 bits per heavy atom. The number of benzene rings is 1. The molecule has 0 spiro atoms. The standard InChI is InChI=1S/C13H16ClN3O4S/c1-3-15-13(22)17-16-6-8-4-9(14)12(10(5-8)20-2)21-7-11(18)19/h4-6H,3,7H2,1-2H3,(H,18,19)(H2,15,17,22). The third-order valence-corrected chi connectivity index (χ3v) is 2.83. The number of hydrogen-bond acceptors (Lipinski definition) is 5. The Hall–Kier alpha value is -2.06. The molecule has 0 atom stereocenters. The van der Waals surface area contributed by atoms with Crippen molar-refractivity contribution in [2.75, 3.05) is 20.3 Å². The molecule has 0 aliphatic carbocycles. The quantitative estimate of drug-likeness (QED) is 0.393. The summed E-state index contributed by atoms with van der Waals surface area (Å²) in [6.07, 6.45) is 1.50. The van der Waals surface area contributed by atoms with Gasteiger partial charge in [0.2, 0.25) is 0 Å². The van der Waals surface area contributed by atoms with Crippen molar-refractivity contribution in [1.82, 2.24) is 10.7 Å². The number of carbonyl (C=O) groups is 1. The van der Waals surface area contributed by atoms with Gasteiger partial charge in [0, 0.05) is 6.54 Å². The van der Waals surface area contributed by atoms with Crippen LogP contribution in [0.25, 0.3) is 0 Å². The molecule has 1 aromatic rings. The molecule has 0 bridgehead atoms. The Balaban J connectivity index is 2.86. The van der Waals surface area contributed by atoms with Crippen molar-refractivity contribution in [2.24, 2.45) is 5.10 Å². The van der Waals surface area contributed by atoms with Crippen LogP contribution in [0, 0.1) is 0 Å². The molecule has 7 nitrogen and oxygen atoms in total. The number of thiocarbonyl (C=S) groups is 1. The van der Waals surface area contributed by atoms with E-state index in [0.717, 1.165) is 0 Å². The average molecular weight is 346 g/mol. The Morgan fingerprint density at radius 2 is 2.27 bits per heavy atom. The third kappa shape index (κ3) is 5.74. The van der Waals surface area contributed by atoms with Crippen LogP contribution in [0.2, 0.25) is 5.02 Å². The molecule has 0 aromatic heterocycles. The molecule has 120 valence electrons. The number of nitrogens with one attached hydrogen (secondary N) is 2. The van der Waals surface area contributed by atoms with Crippen molar-refractivity contribution in [3.05, 3.63) is 22.7 Å². The first-order valence-electron chi connectivity index (χ1n) is 6.27. The molecule has 0 aliphatic rings. The minimum atomic E-state index is -1.11. The highest BCUT2D eigenvalue weighted by atomic mass is 35.5. The van der Waals surface area contributed by atoms with Crippen LogP contribution in [0.1, 0.15) is 12.5 Å². The SMILES string of the molecule is CCNC(=S)NN=Cc1cc(Cl)c(OCC(=O)O)c(OC)c1. The molecule has 0 saturated heterocycles. The fourth-order valence-corrected chi connectivity index (χ4v) is 1.92. The first-order valence-corrected chi connectivity index (χ1v) is 7.05. The lowest BCUT2D eigenvalue weighted by atomic mass is 10.2. The molecule has 0 radical (unpaired) electrons. The van der Waals surface area contributed by atoms with Gasteiger partial charge in [-0.25, -0.2) is 4.79 Å². The fraction of sp³-hybridized carbons (Fsp3) is 0.308. The van der Waals surface area contributed by atoms with Crippen LogP contribution in [-0.2, 0) is 4.79 Å². The molecule has 0 fully saturated rings. The van der Waals surface area contributed by atoms with Gasteiger partial charge in [0.05, 0.1) is 18.3 Å². The Bertz CT molecular complexity index is 581. The van der Waals surface area contributed by atoms with E-state index in [2.05, 4.69) is 15.8 Å². The monoisotopic (exact) mass is 345 g/mol. The predicted molar refractivity (Wildman–Crippen MR) is 88.1 cm³/mol. The highest BCUT2D eigenvalue weighted by Gasteiger charge is 2.13. The lowest BCUT2D eigenvalue weighted by Crippen LogP contribution is -2.31. The Morgan fingerprint density at radius 1 is 1.55 bits per heavy atom. The predicted octanol–water partition coefficient (Wildman–Crippen LogP) is 1.63. The van der Waals surface area contributed by atoms with Gasteiger partial charge in [-0.05, 0) is 36.8 Å². The molecule has 1 rings (SSSR count). The normalized spacial score (nSPS) is 10.3. The van der Waals surface area contributed by atoms with Gasteiger partial charge in [-0.1, -0.05) is 11.6 Å². The maximum absolute atomic E-state index is 10.6. The number of nitrogens with zero attached hydrogens (tertiary/aromatic N) is 1. The second kappa shape index (κ2) is 9.06. The Kier molecular flexibility index (Phi) is 7.41. The van der Waals surface area contributed by atoms with Crippen molar-refractivity contribution < 1.29 is 19.4 Å². The topological polar surface area (TPSA) is 92.2 Å². The van der Waals surface area contributed by atoms with E-state index >= 15 is 0 Å². The lowest BCUT2D eigenvalue weighted by molar-refractivity contribution is -0.139. The van der Waals surface area contributed by atoms with Crippen LogP contribution in [-0.4, -0.2) is 42.7 Å². The van der Waals surface area contributed by atoms with Gasteiger partial charge in [0.1, 0.15) is 0 Å². The summed E-state index contributed by atoms with van der Waals surface area (Å²) in [6, 6.07) is 3.19. The smallest absolute Gasteiger partial charge is 0.341 e. The zero-order valence-corrected chi connectivity index (χ0v) is 13.6. The molecule has 3 N–H and O–H groups in total. The van der Waals surface area contributed by atoms with E-state index in [-0.39, 0.29) is 10.8 Å². The molecule has 9 heteroatoms. The summed E-state index contributed by atoms with van der Waals surface area (Å²) in [5.41, 5.74) is 3.28. The largest absolute Gasteiger partial charge is 0.493 e. The number of rotatable bonds is 7. The van der Waals surface area contributed by atoms with E-state index in [1.165, 1.54) is 13.3 Å². The minimum absolute atomic E-state index is 0.167.